The van der Waals surface area contributed by atoms with Crippen molar-refractivity contribution in [1.82, 2.24) is 39.0 Å². The molecular formula is C21H24N9O12P. The van der Waals surface area contributed by atoms with Gasteiger partial charge in [-0.3, -0.25) is 32.8 Å². The molecule has 3 aliphatic rings. The standard InChI is InChI=1S/C21H24N9O12P/c1-38-9-6(2-31)39-18(30-5-26-8-15(30)27-20(22)28-17(8)34)10(9)41-43(36,37)42-13-12-21(13,35)11(32)19(40-12)29-4-25-7-14(29)23-3-24-16(7)33/h3-6,9-13,18-19,31-32,35H,2H2,1H3,(H,36,37)(H,23,24,33)(H3,22,27,28,34)/t6-,9-,10-,11+,12-,13?,18-,19-,21+/m1/s1. The fraction of sp³-hybridized carbons (Fsp3) is 0.524. The average molecular weight is 625 g/mol. The molecule has 0 aromatic carbocycles. The predicted octanol–water partition coefficient (Wildman–Crippen LogP) is -3.39. The number of nitrogen functional groups attached to an aromatic ring is 1. The number of ether oxygens (including phenoxy) is 3. The van der Waals surface area contributed by atoms with E-state index >= 15 is 0 Å². The van der Waals surface area contributed by atoms with Crippen LogP contribution >= 0.6 is 7.82 Å². The minimum atomic E-state index is -5.11. The van der Waals surface area contributed by atoms with E-state index in [1.165, 1.54) is 28.9 Å². The number of aromatic nitrogens is 8. The van der Waals surface area contributed by atoms with Crippen LogP contribution in [0.5, 0.6) is 0 Å². The van der Waals surface area contributed by atoms with E-state index in [0.717, 1.165) is 6.33 Å². The number of nitrogens with zero attached hydrogens (tertiary/aromatic N) is 6. The highest BCUT2D eigenvalue weighted by Gasteiger charge is 2.79. The van der Waals surface area contributed by atoms with Gasteiger partial charge in [-0.1, -0.05) is 0 Å². The molecule has 21 nitrogen and oxygen atoms in total. The predicted molar refractivity (Wildman–Crippen MR) is 137 cm³/mol. The summed E-state index contributed by atoms with van der Waals surface area (Å²) in [5, 5.41) is 31.9. The molecule has 0 bridgehead atoms. The van der Waals surface area contributed by atoms with Crippen LogP contribution in [0.4, 0.5) is 5.95 Å². The second kappa shape index (κ2) is 9.69. The molecule has 0 amide bonds. The van der Waals surface area contributed by atoms with Crippen LogP contribution in [0.25, 0.3) is 22.3 Å². The van der Waals surface area contributed by atoms with Gasteiger partial charge in [0.1, 0.15) is 36.6 Å². The summed E-state index contributed by atoms with van der Waals surface area (Å²) in [7, 11) is -3.85. The smallest absolute Gasteiger partial charge is 0.394 e. The Bertz CT molecular complexity index is 1890. The van der Waals surface area contributed by atoms with E-state index < -0.39 is 80.2 Å². The number of aliphatic hydroxyl groups excluding tert-OH is 2. The van der Waals surface area contributed by atoms with Crippen molar-refractivity contribution in [3.63, 3.8) is 0 Å². The minimum Gasteiger partial charge on any atom is -0.394 e. The number of nitrogens with two attached hydrogens (primary N) is 1. The van der Waals surface area contributed by atoms with Gasteiger partial charge in [0.15, 0.2) is 40.4 Å². The van der Waals surface area contributed by atoms with Crippen LogP contribution in [0, 0.1) is 0 Å². The number of methoxy groups -OCH3 is 1. The molecule has 4 aromatic heterocycles. The van der Waals surface area contributed by atoms with Crippen molar-refractivity contribution in [2.45, 2.75) is 54.7 Å². The summed E-state index contributed by atoms with van der Waals surface area (Å²) in [4.78, 5) is 55.7. The van der Waals surface area contributed by atoms with Crippen LogP contribution in [0.2, 0.25) is 0 Å². The zero-order chi connectivity index (χ0) is 30.4. The summed E-state index contributed by atoms with van der Waals surface area (Å²) < 4.78 is 43.4. The first-order chi connectivity index (χ1) is 20.5. The number of fused-ring (bicyclic) bond motifs is 3. The highest BCUT2D eigenvalue weighted by Crippen LogP contribution is 2.62. The molecule has 2 aliphatic heterocycles. The zero-order valence-corrected chi connectivity index (χ0v) is 22.7. The van der Waals surface area contributed by atoms with E-state index in [0.29, 0.717) is 0 Å². The third kappa shape index (κ3) is 4.17. The molecule has 3 fully saturated rings. The first-order valence-corrected chi connectivity index (χ1v) is 14.1. The molecule has 0 spiro atoms. The number of anilines is 1. The maximum Gasteiger partial charge on any atom is 0.473 e. The third-order valence-corrected chi connectivity index (χ3v) is 8.71. The van der Waals surface area contributed by atoms with Gasteiger partial charge >= 0.3 is 7.82 Å². The monoisotopic (exact) mass is 625 g/mol. The van der Waals surface area contributed by atoms with Crippen molar-refractivity contribution in [3.8, 4) is 0 Å². The molecular weight excluding hydrogens is 601 g/mol. The van der Waals surface area contributed by atoms with Gasteiger partial charge in [0.05, 0.1) is 25.6 Å². The van der Waals surface area contributed by atoms with Crippen molar-refractivity contribution in [1.29, 1.82) is 0 Å². The Morgan fingerprint density at radius 2 is 1.77 bits per heavy atom. The van der Waals surface area contributed by atoms with Crippen LogP contribution in [0.15, 0.2) is 28.6 Å². The molecule has 8 N–H and O–H groups in total. The van der Waals surface area contributed by atoms with Crippen LogP contribution in [0.3, 0.4) is 0 Å². The lowest BCUT2D eigenvalue weighted by Crippen LogP contribution is -2.38. The fourth-order valence-corrected chi connectivity index (χ4v) is 6.78. The van der Waals surface area contributed by atoms with Crippen molar-refractivity contribution in [2.24, 2.45) is 0 Å². The van der Waals surface area contributed by atoms with Gasteiger partial charge in [0.25, 0.3) is 11.1 Å². The number of hydrogen-bond acceptors (Lipinski definition) is 16. The van der Waals surface area contributed by atoms with Crippen LogP contribution in [0.1, 0.15) is 12.5 Å². The molecule has 7 rings (SSSR count). The van der Waals surface area contributed by atoms with Gasteiger partial charge in [-0.05, 0) is 0 Å². The average Bonchev–Trinajstić information content (AvgIpc) is 3.49. The van der Waals surface area contributed by atoms with Crippen molar-refractivity contribution >= 4 is 36.1 Å². The summed E-state index contributed by atoms with van der Waals surface area (Å²) in [6.07, 6.45) is -7.18. The molecule has 230 valence electrons. The molecule has 2 unspecified atom stereocenters. The van der Waals surface area contributed by atoms with Gasteiger partial charge in [0.2, 0.25) is 5.95 Å². The number of nitrogens with one attached hydrogen (secondary N) is 2. The van der Waals surface area contributed by atoms with E-state index in [-0.39, 0.29) is 28.3 Å². The van der Waals surface area contributed by atoms with Gasteiger partial charge in [-0.2, -0.15) is 4.98 Å². The number of H-pyrrole nitrogens is 2. The van der Waals surface area contributed by atoms with Crippen molar-refractivity contribution in [2.75, 3.05) is 19.5 Å². The van der Waals surface area contributed by atoms with Crippen LogP contribution in [-0.2, 0) is 27.8 Å². The highest BCUT2D eigenvalue weighted by molar-refractivity contribution is 7.47. The molecule has 6 heterocycles. The lowest BCUT2D eigenvalue weighted by atomic mass is 10.1. The second-order valence-electron chi connectivity index (χ2n) is 10.1. The quantitative estimate of drug-likeness (QED) is 0.0939. The van der Waals surface area contributed by atoms with E-state index in [2.05, 4.69) is 29.9 Å². The van der Waals surface area contributed by atoms with Gasteiger partial charge in [-0.25, -0.2) is 19.5 Å². The number of hydrogen-bond donors (Lipinski definition) is 7. The molecule has 43 heavy (non-hydrogen) atoms. The summed E-state index contributed by atoms with van der Waals surface area (Å²) in [6.45, 7) is -0.580. The van der Waals surface area contributed by atoms with E-state index in [9.17, 15) is 34.4 Å². The third-order valence-electron chi connectivity index (χ3n) is 7.71. The molecule has 2 saturated heterocycles. The van der Waals surface area contributed by atoms with Gasteiger partial charge in [0, 0.05) is 7.11 Å². The van der Waals surface area contributed by atoms with Crippen LogP contribution < -0.4 is 16.9 Å². The molecule has 1 aliphatic carbocycles. The van der Waals surface area contributed by atoms with Crippen LogP contribution in [-0.4, -0.2) is 115 Å². The summed E-state index contributed by atoms with van der Waals surface area (Å²) in [6, 6.07) is 0. The van der Waals surface area contributed by atoms with Crippen molar-refractivity contribution < 1.29 is 48.0 Å². The van der Waals surface area contributed by atoms with E-state index in [1.54, 1.807) is 0 Å². The summed E-state index contributed by atoms with van der Waals surface area (Å²) >= 11 is 0. The Labute approximate surface area is 237 Å². The lowest BCUT2D eigenvalue weighted by Gasteiger charge is -2.27. The molecule has 4 aromatic rings. The highest BCUT2D eigenvalue weighted by atomic mass is 31.2. The SMILES string of the molecule is CO[C@H]1[C@@H](OP(=O)(O)OC2[C@H]3O[C@@H](n4cnc5c(=O)[nH]cnc54)[C@H](O)[C@@]23O)[C@H](n2cnc3c(=O)[nH]c(N)nc32)O[C@@H]1CO. The Morgan fingerprint density at radius 1 is 1.07 bits per heavy atom. The van der Waals surface area contributed by atoms with E-state index in [4.69, 9.17) is 29.0 Å². The maximum absolute atomic E-state index is 13.3. The Balaban J connectivity index is 1.13. The molecule has 22 heteroatoms. The first-order valence-electron chi connectivity index (χ1n) is 12.7. The molecule has 1 saturated carbocycles. The van der Waals surface area contributed by atoms with E-state index in [1.807, 2.05) is 0 Å². The Kier molecular flexibility index (Phi) is 6.34. The first kappa shape index (κ1) is 28.2. The lowest BCUT2D eigenvalue weighted by molar-refractivity contribution is -0.0974. The topological polar surface area (TPSA) is 297 Å². The number of phosphoric acid groups is 1. The van der Waals surface area contributed by atoms with Gasteiger partial charge < -0.3 is 45.1 Å². The number of aromatic amines is 2. The minimum absolute atomic E-state index is 0.0256. The number of imidazole rings is 2. The van der Waals surface area contributed by atoms with Crippen molar-refractivity contribution in [3.05, 3.63) is 39.7 Å². The normalized spacial score (nSPS) is 35.0. The Morgan fingerprint density at radius 3 is 2.42 bits per heavy atom. The van der Waals surface area contributed by atoms with Gasteiger partial charge in [-0.15, -0.1) is 0 Å². The summed E-state index contributed by atoms with van der Waals surface area (Å²) in [5.41, 5.74) is 2.26. The number of rotatable bonds is 8. The largest absolute Gasteiger partial charge is 0.473 e. The number of aliphatic hydroxyl groups is 3. The second-order valence-corrected chi connectivity index (χ2v) is 11.5. The molecule has 0 radical (unpaired) electrons. The number of phosphoric ester groups is 1. The zero-order valence-electron chi connectivity index (χ0n) is 21.8. The Hall–Kier alpha value is -3.63. The fourth-order valence-electron chi connectivity index (χ4n) is 5.64. The summed E-state index contributed by atoms with van der Waals surface area (Å²) in [5.74, 6) is -0.232. The maximum atomic E-state index is 13.3. The molecule has 10 atom stereocenters.